The fourth-order valence-electron chi connectivity index (χ4n) is 1.40. The minimum atomic E-state index is 0.698. The molecule has 0 aliphatic rings. The zero-order valence-electron chi connectivity index (χ0n) is 8.77. The summed E-state index contributed by atoms with van der Waals surface area (Å²) in [7, 11) is 0. The van der Waals surface area contributed by atoms with Crippen LogP contribution in [0.5, 0.6) is 0 Å². The van der Waals surface area contributed by atoms with Crippen LogP contribution in [0.3, 0.4) is 0 Å². The fourth-order valence-corrected chi connectivity index (χ4v) is 2.87. The largest absolute Gasteiger partial charge is 0.330 e. The first-order chi connectivity index (χ1) is 7.79. The predicted molar refractivity (Wildman–Crippen MR) is 68.5 cm³/mol. The van der Waals surface area contributed by atoms with Crippen molar-refractivity contribution in [2.75, 3.05) is 6.54 Å². The number of aryl methyl sites for hydroxylation is 1. The number of nitrogens with two attached hydrogens (primary N) is 1. The molecule has 0 atom stereocenters. The summed E-state index contributed by atoms with van der Waals surface area (Å²) in [6.45, 7) is 1.47. The SMILES string of the molecule is NCCCc1cn(Cc2sccc2Br)nn1. The molecule has 0 aromatic carbocycles. The van der Waals surface area contributed by atoms with Crippen molar-refractivity contribution in [3.63, 3.8) is 0 Å². The van der Waals surface area contributed by atoms with Crippen LogP contribution in [0, 0.1) is 0 Å². The average molecular weight is 301 g/mol. The van der Waals surface area contributed by atoms with Crippen molar-refractivity contribution in [3.8, 4) is 0 Å². The summed E-state index contributed by atoms with van der Waals surface area (Å²) < 4.78 is 3.00. The molecule has 86 valence electrons. The highest BCUT2D eigenvalue weighted by Crippen LogP contribution is 2.23. The van der Waals surface area contributed by atoms with Crippen molar-refractivity contribution in [2.24, 2.45) is 5.73 Å². The summed E-state index contributed by atoms with van der Waals surface area (Å²) >= 11 is 5.22. The van der Waals surface area contributed by atoms with Gasteiger partial charge in [0, 0.05) is 15.5 Å². The van der Waals surface area contributed by atoms with Gasteiger partial charge in [0.05, 0.1) is 12.2 Å². The molecule has 0 fully saturated rings. The molecular formula is C10H13BrN4S. The van der Waals surface area contributed by atoms with Crippen molar-refractivity contribution < 1.29 is 0 Å². The van der Waals surface area contributed by atoms with E-state index in [1.165, 1.54) is 4.88 Å². The minimum absolute atomic E-state index is 0.698. The number of rotatable bonds is 5. The van der Waals surface area contributed by atoms with Gasteiger partial charge in [0.1, 0.15) is 0 Å². The van der Waals surface area contributed by atoms with E-state index >= 15 is 0 Å². The first-order valence-electron chi connectivity index (χ1n) is 5.10. The van der Waals surface area contributed by atoms with Crippen LogP contribution in [0.4, 0.5) is 0 Å². The quantitative estimate of drug-likeness (QED) is 0.919. The first-order valence-corrected chi connectivity index (χ1v) is 6.78. The van der Waals surface area contributed by atoms with E-state index in [9.17, 15) is 0 Å². The second-order valence-electron chi connectivity index (χ2n) is 3.49. The van der Waals surface area contributed by atoms with Gasteiger partial charge in [-0.05, 0) is 46.8 Å². The Morgan fingerprint density at radius 3 is 3.06 bits per heavy atom. The van der Waals surface area contributed by atoms with Crippen LogP contribution in [0.25, 0.3) is 0 Å². The lowest BCUT2D eigenvalue weighted by Crippen LogP contribution is -2.00. The van der Waals surface area contributed by atoms with E-state index < -0.39 is 0 Å². The summed E-state index contributed by atoms with van der Waals surface area (Å²) in [5.74, 6) is 0. The smallest absolute Gasteiger partial charge is 0.0827 e. The number of thiophene rings is 1. The standard InChI is InChI=1S/C10H13BrN4S/c11-9-3-5-16-10(9)7-15-6-8(13-14-15)2-1-4-12/h3,5-6H,1-2,4,7,12H2. The van der Waals surface area contributed by atoms with Gasteiger partial charge in [-0.1, -0.05) is 5.21 Å². The molecule has 0 radical (unpaired) electrons. The lowest BCUT2D eigenvalue weighted by molar-refractivity contribution is 0.654. The third-order valence-corrected chi connectivity index (χ3v) is 4.13. The van der Waals surface area contributed by atoms with E-state index in [2.05, 4.69) is 31.6 Å². The summed E-state index contributed by atoms with van der Waals surface area (Å²) in [5, 5.41) is 10.3. The van der Waals surface area contributed by atoms with E-state index in [4.69, 9.17) is 5.73 Å². The Kier molecular flexibility index (Phi) is 4.09. The highest BCUT2D eigenvalue weighted by Gasteiger charge is 2.05. The van der Waals surface area contributed by atoms with E-state index in [0.717, 1.165) is 29.6 Å². The summed E-state index contributed by atoms with van der Waals surface area (Å²) in [6, 6.07) is 2.05. The second kappa shape index (κ2) is 5.56. The van der Waals surface area contributed by atoms with E-state index in [1.807, 2.05) is 16.9 Å². The minimum Gasteiger partial charge on any atom is -0.330 e. The van der Waals surface area contributed by atoms with Gasteiger partial charge < -0.3 is 5.73 Å². The van der Waals surface area contributed by atoms with Crippen LogP contribution in [-0.2, 0) is 13.0 Å². The monoisotopic (exact) mass is 300 g/mol. The summed E-state index contributed by atoms with van der Waals surface area (Å²) in [5.41, 5.74) is 6.47. The average Bonchev–Trinajstić information content (AvgIpc) is 2.87. The highest BCUT2D eigenvalue weighted by atomic mass is 79.9. The molecule has 0 bridgehead atoms. The predicted octanol–water partition coefficient (Wildman–Crippen LogP) is 2.04. The van der Waals surface area contributed by atoms with Crippen molar-refractivity contribution >= 4 is 27.3 Å². The maximum atomic E-state index is 5.45. The van der Waals surface area contributed by atoms with Crippen molar-refractivity contribution in [3.05, 3.63) is 32.7 Å². The Bertz CT molecular complexity index is 451. The van der Waals surface area contributed by atoms with E-state index in [-0.39, 0.29) is 0 Å². The topological polar surface area (TPSA) is 56.7 Å². The van der Waals surface area contributed by atoms with Crippen LogP contribution in [-0.4, -0.2) is 21.5 Å². The number of nitrogens with zero attached hydrogens (tertiary/aromatic N) is 3. The molecule has 0 saturated heterocycles. The second-order valence-corrected chi connectivity index (χ2v) is 5.35. The number of halogens is 1. The Labute approximate surface area is 107 Å². The van der Waals surface area contributed by atoms with Crippen LogP contribution in [0.15, 0.2) is 22.1 Å². The molecule has 16 heavy (non-hydrogen) atoms. The van der Waals surface area contributed by atoms with E-state index in [1.54, 1.807) is 11.3 Å². The zero-order valence-corrected chi connectivity index (χ0v) is 11.2. The molecule has 0 amide bonds. The molecule has 2 heterocycles. The van der Waals surface area contributed by atoms with Crippen molar-refractivity contribution in [1.82, 2.24) is 15.0 Å². The van der Waals surface area contributed by atoms with Gasteiger partial charge in [-0.2, -0.15) is 0 Å². The summed E-state index contributed by atoms with van der Waals surface area (Å²) in [6.07, 6.45) is 3.85. The highest BCUT2D eigenvalue weighted by molar-refractivity contribution is 9.10. The first kappa shape index (κ1) is 11.8. The lowest BCUT2D eigenvalue weighted by atomic mass is 10.2. The maximum absolute atomic E-state index is 5.45. The molecule has 2 N–H and O–H groups in total. The Morgan fingerprint density at radius 2 is 2.38 bits per heavy atom. The zero-order chi connectivity index (χ0) is 11.4. The van der Waals surface area contributed by atoms with Crippen LogP contribution >= 0.6 is 27.3 Å². The van der Waals surface area contributed by atoms with Gasteiger partial charge in [0.25, 0.3) is 0 Å². The van der Waals surface area contributed by atoms with Gasteiger partial charge in [-0.3, -0.25) is 0 Å². The lowest BCUT2D eigenvalue weighted by Gasteiger charge is -1.97. The molecule has 2 aromatic heterocycles. The van der Waals surface area contributed by atoms with Crippen LogP contribution in [0.2, 0.25) is 0 Å². The van der Waals surface area contributed by atoms with Gasteiger partial charge in [-0.15, -0.1) is 16.4 Å². The fraction of sp³-hybridized carbons (Fsp3) is 0.400. The molecular weight excluding hydrogens is 288 g/mol. The van der Waals surface area contributed by atoms with Gasteiger partial charge in [0.2, 0.25) is 0 Å². The molecule has 0 aliphatic heterocycles. The summed E-state index contributed by atoms with van der Waals surface area (Å²) in [4.78, 5) is 1.26. The van der Waals surface area contributed by atoms with Crippen molar-refractivity contribution in [2.45, 2.75) is 19.4 Å². The third kappa shape index (κ3) is 2.90. The normalized spacial score (nSPS) is 10.9. The van der Waals surface area contributed by atoms with Gasteiger partial charge in [-0.25, -0.2) is 4.68 Å². The Balaban J connectivity index is 2.00. The van der Waals surface area contributed by atoms with E-state index in [0.29, 0.717) is 6.54 Å². The van der Waals surface area contributed by atoms with Crippen LogP contribution < -0.4 is 5.73 Å². The van der Waals surface area contributed by atoms with Gasteiger partial charge >= 0.3 is 0 Å². The molecule has 2 aromatic rings. The molecule has 4 nitrogen and oxygen atoms in total. The van der Waals surface area contributed by atoms with Crippen molar-refractivity contribution in [1.29, 1.82) is 0 Å². The van der Waals surface area contributed by atoms with Crippen LogP contribution in [0.1, 0.15) is 17.0 Å². The molecule has 2 rings (SSSR count). The molecule has 0 spiro atoms. The third-order valence-electron chi connectivity index (χ3n) is 2.22. The molecule has 0 saturated carbocycles. The van der Waals surface area contributed by atoms with Gasteiger partial charge in [0.15, 0.2) is 0 Å². The Morgan fingerprint density at radius 1 is 1.50 bits per heavy atom. The molecule has 0 unspecified atom stereocenters. The molecule has 6 heteroatoms. The number of hydrogen-bond acceptors (Lipinski definition) is 4. The molecule has 0 aliphatic carbocycles. The maximum Gasteiger partial charge on any atom is 0.0827 e. The number of hydrogen-bond donors (Lipinski definition) is 1. The Hall–Kier alpha value is -0.720. The number of aromatic nitrogens is 3.